The monoisotopic (exact) mass is 637 g/mol. The van der Waals surface area contributed by atoms with E-state index in [2.05, 4.69) is 10.6 Å². The number of anilines is 1. The zero-order chi connectivity index (χ0) is 33.2. The lowest BCUT2D eigenvalue weighted by Crippen LogP contribution is -2.51. The van der Waals surface area contributed by atoms with Crippen molar-refractivity contribution in [2.75, 3.05) is 38.5 Å². The summed E-state index contributed by atoms with van der Waals surface area (Å²) in [4.78, 5) is 69.5. The number of nitrogens with zero attached hydrogens (tertiary/aromatic N) is 3. The maximum Gasteiger partial charge on any atom is 0.418 e. The van der Waals surface area contributed by atoms with Gasteiger partial charge in [-0.3, -0.25) is 19.3 Å². The van der Waals surface area contributed by atoms with Gasteiger partial charge in [0.25, 0.3) is 5.91 Å². The van der Waals surface area contributed by atoms with E-state index in [0.717, 1.165) is 10.5 Å². The van der Waals surface area contributed by atoms with Gasteiger partial charge < -0.3 is 25.0 Å². The van der Waals surface area contributed by atoms with E-state index in [1.165, 1.54) is 19.2 Å². The fourth-order valence-corrected chi connectivity index (χ4v) is 6.30. The van der Waals surface area contributed by atoms with Crippen LogP contribution in [0.25, 0.3) is 0 Å². The lowest BCUT2D eigenvalue weighted by Gasteiger charge is -2.39. The summed E-state index contributed by atoms with van der Waals surface area (Å²) in [7, 11) is 1.50. The van der Waals surface area contributed by atoms with Crippen LogP contribution in [0.4, 0.5) is 19.7 Å². The minimum Gasteiger partial charge on any atom is -0.459 e. The standard InChI is InChI=1S/C33H40FN5O7/c1-32(2,3)45-28(41)20-37-15-12-25(13-16-37)38(18-21-5-7-23(34)8-6-21)27(40)19-39-29(42)33(46-31(39)44)14-11-22-17-24(9-10-26(22)33)36-30(43)35-4/h5-10,17,25H,11-16,18-20H2,1-4H3,(H2,35,36,43)/t33-/m1/s1. The number of hydrogen-bond donors (Lipinski definition) is 2. The van der Waals surface area contributed by atoms with Crippen molar-refractivity contribution in [1.29, 1.82) is 0 Å². The van der Waals surface area contributed by atoms with Crippen molar-refractivity contribution in [3.05, 3.63) is 65.0 Å². The molecule has 1 spiro atoms. The molecule has 2 heterocycles. The average molecular weight is 638 g/mol. The molecule has 2 aromatic rings. The zero-order valence-electron chi connectivity index (χ0n) is 26.6. The SMILES string of the molecule is CNC(=O)Nc1ccc2c(c1)CC[C@@]21OC(=O)N(CC(=O)N(Cc2ccc(F)cc2)C2CCN(CC(=O)OC(C)(C)C)CC2)C1=O. The average Bonchev–Trinajstić information content (AvgIpc) is 3.47. The molecule has 2 fully saturated rings. The molecule has 0 saturated carbocycles. The highest BCUT2D eigenvalue weighted by Gasteiger charge is 2.58. The number of carbonyl (C=O) groups excluding carboxylic acids is 5. The van der Waals surface area contributed by atoms with Gasteiger partial charge in [0.15, 0.2) is 0 Å². The van der Waals surface area contributed by atoms with Crippen molar-refractivity contribution in [3.63, 3.8) is 0 Å². The molecule has 2 aliphatic heterocycles. The van der Waals surface area contributed by atoms with Crippen molar-refractivity contribution in [3.8, 4) is 0 Å². The number of halogens is 1. The molecular weight excluding hydrogens is 597 g/mol. The summed E-state index contributed by atoms with van der Waals surface area (Å²) in [6, 6.07) is 10.2. The number of amides is 5. The maximum atomic E-state index is 13.9. The highest BCUT2D eigenvalue weighted by Crippen LogP contribution is 2.46. The second kappa shape index (κ2) is 13.1. The zero-order valence-corrected chi connectivity index (χ0v) is 26.6. The number of benzene rings is 2. The summed E-state index contributed by atoms with van der Waals surface area (Å²) in [6.45, 7) is 6.30. The quantitative estimate of drug-likeness (QED) is 0.420. The van der Waals surface area contributed by atoms with Crippen LogP contribution in [0.15, 0.2) is 42.5 Å². The lowest BCUT2D eigenvalue weighted by molar-refractivity contribution is -0.156. The first-order valence-corrected chi connectivity index (χ1v) is 15.4. The molecule has 5 rings (SSSR count). The highest BCUT2D eigenvalue weighted by atomic mass is 19.1. The molecule has 12 nitrogen and oxygen atoms in total. The number of ether oxygens (including phenoxy) is 2. The number of esters is 1. The van der Waals surface area contributed by atoms with Crippen molar-refractivity contribution in [1.82, 2.24) is 20.0 Å². The predicted molar refractivity (Wildman–Crippen MR) is 165 cm³/mol. The predicted octanol–water partition coefficient (Wildman–Crippen LogP) is 3.53. The first kappa shape index (κ1) is 32.9. The summed E-state index contributed by atoms with van der Waals surface area (Å²) >= 11 is 0. The third kappa shape index (κ3) is 7.14. The summed E-state index contributed by atoms with van der Waals surface area (Å²) in [5.41, 5.74) is 0.403. The molecule has 0 unspecified atom stereocenters. The van der Waals surface area contributed by atoms with Crippen LogP contribution in [-0.4, -0.2) is 89.5 Å². The van der Waals surface area contributed by atoms with Crippen molar-refractivity contribution in [2.45, 2.75) is 70.2 Å². The third-order valence-corrected chi connectivity index (χ3v) is 8.49. The number of piperidine rings is 1. The number of likely N-dealkylation sites (tertiary alicyclic amines) is 1. The van der Waals surface area contributed by atoms with Crippen LogP contribution in [0.3, 0.4) is 0 Å². The third-order valence-electron chi connectivity index (χ3n) is 8.49. The highest BCUT2D eigenvalue weighted by molar-refractivity contribution is 6.06. The number of carbonyl (C=O) groups is 5. The van der Waals surface area contributed by atoms with Crippen molar-refractivity contribution < 1.29 is 37.8 Å². The second-order valence-corrected chi connectivity index (χ2v) is 12.9. The van der Waals surface area contributed by atoms with Crippen LogP contribution in [0.1, 0.15) is 56.7 Å². The van der Waals surface area contributed by atoms with E-state index in [-0.39, 0.29) is 37.6 Å². The Kier molecular flexibility index (Phi) is 9.34. The topological polar surface area (TPSA) is 138 Å². The van der Waals surface area contributed by atoms with Crippen LogP contribution in [0, 0.1) is 5.82 Å². The van der Waals surface area contributed by atoms with E-state index >= 15 is 0 Å². The Morgan fingerprint density at radius 3 is 2.41 bits per heavy atom. The molecule has 0 bridgehead atoms. The van der Waals surface area contributed by atoms with Gasteiger partial charge in [-0.15, -0.1) is 0 Å². The smallest absolute Gasteiger partial charge is 0.418 e. The number of imide groups is 1. The summed E-state index contributed by atoms with van der Waals surface area (Å²) in [5.74, 6) is -1.77. The minimum absolute atomic E-state index is 0.136. The number of nitrogens with one attached hydrogen (secondary N) is 2. The van der Waals surface area contributed by atoms with Crippen LogP contribution in [0.2, 0.25) is 0 Å². The normalized spacial score (nSPS) is 20.0. The van der Waals surface area contributed by atoms with Gasteiger partial charge in [0, 0.05) is 50.4 Å². The van der Waals surface area contributed by atoms with Gasteiger partial charge in [-0.25, -0.2) is 18.9 Å². The molecule has 2 saturated heterocycles. The largest absolute Gasteiger partial charge is 0.459 e. The first-order chi connectivity index (χ1) is 21.8. The van der Waals surface area contributed by atoms with Crippen LogP contribution in [-0.2, 0) is 42.4 Å². The maximum absolute atomic E-state index is 13.9. The fourth-order valence-electron chi connectivity index (χ4n) is 6.30. The Labute approximate surface area is 267 Å². The van der Waals surface area contributed by atoms with E-state index in [1.54, 1.807) is 35.2 Å². The molecule has 1 atom stereocenters. The van der Waals surface area contributed by atoms with E-state index in [0.29, 0.717) is 49.2 Å². The van der Waals surface area contributed by atoms with E-state index in [1.807, 2.05) is 25.7 Å². The van der Waals surface area contributed by atoms with Gasteiger partial charge in [-0.1, -0.05) is 18.2 Å². The molecule has 2 N–H and O–H groups in total. The molecule has 2 aromatic carbocycles. The number of hydrogen-bond acceptors (Lipinski definition) is 8. The van der Waals surface area contributed by atoms with Gasteiger partial charge in [-0.2, -0.15) is 0 Å². The number of aryl methyl sites for hydroxylation is 1. The Morgan fingerprint density at radius 2 is 1.76 bits per heavy atom. The van der Waals surface area contributed by atoms with Crippen LogP contribution < -0.4 is 10.6 Å². The van der Waals surface area contributed by atoms with Crippen LogP contribution in [0.5, 0.6) is 0 Å². The first-order valence-electron chi connectivity index (χ1n) is 15.4. The Bertz CT molecular complexity index is 1520. The molecule has 246 valence electrons. The molecule has 5 amide bonds. The van der Waals surface area contributed by atoms with Crippen LogP contribution >= 0.6 is 0 Å². The van der Waals surface area contributed by atoms with E-state index < -0.39 is 41.5 Å². The molecule has 1 aliphatic carbocycles. The molecule has 3 aliphatic rings. The van der Waals surface area contributed by atoms with Gasteiger partial charge in [-0.05, 0) is 75.4 Å². The Balaban J connectivity index is 1.30. The van der Waals surface area contributed by atoms with E-state index in [9.17, 15) is 28.4 Å². The molecule has 0 radical (unpaired) electrons. The fraction of sp³-hybridized carbons (Fsp3) is 0.485. The second-order valence-electron chi connectivity index (χ2n) is 12.9. The Morgan fingerprint density at radius 1 is 1.07 bits per heavy atom. The summed E-state index contributed by atoms with van der Waals surface area (Å²) in [5, 5.41) is 5.17. The van der Waals surface area contributed by atoms with E-state index in [4.69, 9.17) is 9.47 Å². The minimum atomic E-state index is -1.53. The lowest BCUT2D eigenvalue weighted by atomic mass is 9.94. The molecular formula is C33H40FN5O7. The molecule has 13 heteroatoms. The van der Waals surface area contributed by atoms with Gasteiger partial charge in [0.1, 0.15) is 18.0 Å². The summed E-state index contributed by atoms with van der Waals surface area (Å²) in [6.07, 6.45) is 0.872. The molecule has 0 aromatic heterocycles. The van der Waals surface area contributed by atoms with Gasteiger partial charge >= 0.3 is 18.1 Å². The number of rotatable bonds is 8. The van der Waals surface area contributed by atoms with Crippen molar-refractivity contribution in [2.24, 2.45) is 0 Å². The number of fused-ring (bicyclic) bond motifs is 2. The number of urea groups is 1. The van der Waals surface area contributed by atoms with Gasteiger partial charge in [0.2, 0.25) is 11.5 Å². The molecule has 46 heavy (non-hydrogen) atoms. The Hall–Kier alpha value is -4.52. The van der Waals surface area contributed by atoms with Gasteiger partial charge in [0.05, 0.1) is 6.54 Å². The summed E-state index contributed by atoms with van der Waals surface area (Å²) < 4.78 is 24.8. The van der Waals surface area contributed by atoms with Crippen molar-refractivity contribution >= 4 is 35.6 Å².